The summed E-state index contributed by atoms with van der Waals surface area (Å²) in [5.74, 6) is -2.66. The van der Waals surface area contributed by atoms with Crippen LogP contribution in [0.25, 0.3) is 0 Å². The van der Waals surface area contributed by atoms with Crippen molar-refractivity contribution in [2.75, 3.05) is 0 Å². The maximum atomic E-state index is 12.8. The summed E-state index contributed by atoms with van der Waals surface area (Å²) in [5, 5.41) is 29.0. The molecule has 30 heavy (non-hydrogen) atoms. The summed E-state index contributed by atoms with van der Waals surface area (Å²) in [6.45, 7) is 3.36. The molecule has 2 aliphatic rings. The van der Waals surface area contributed by atoms with Gasteiger partial charge >= 0.3 is 11.9 Å². The van der Waals surface area contributed by atoms with Gasteiger partial charge in [0.2, 0.25) is 0 Å². The SMILES string of the molecule is [2H]C([2H])([2H])[C@@H](CC)C(=O)O[C@H]1C[C@@H](C)C=C2C=C[C@H](C)[C@H](CC[C@@H](O)C[C@@H](O)CC(=O)O)[C@H]21. The molecular formula is C24H38O6. The Bertz CT molecular complexity index is 747. The van der Waals surface area contributed by atoms with E-state index in [1.165, 1.54) is 0 Å². The standard InChI is InChI=1S/C24H38O6/c1-5-15(3)24(29)30-21-11-14(2)10-17-7-6-16(4)20(23(17)21)9-8-18(25)12-19(26)13-22(27)28/h6-7,10,14-16,18-21,23,25-26H,5,8-9,11-13H2,1-4H3,(H,27,28)/t14-,15-,16-,18+,19+,20-,21-,23-/m0/s1/i3D3. The third-order valence-corrected chi connectivity index (χ3v) is 6.34. The zero-order valence-corrected chi connectivity index (χ0v) is 18.2. The topological polar surface area (TPSA) is 104 Å². The van der Waals surface area contributed by atoms with E-state index in [9.17, 15) is 19.8 Å². The van der Waals surface area contributed by atoms with Gasteiger partial charge in [0, 0.05) is 10.0 Å². The minimum atomic E-state index is -2.41. The number of hydrogen-bond acceptors (Lipinski definition) is 5. The summed E-state index contributed by atoms with van der Waals surface area (Å²) in [5.41, 5.74) is 1.07. The Morgan fingerprint density at radius 3 is 2.67 bits per heavy atom. The predicted octanol–water partition coefficient (Wildman–Crippen LogP) is 3.72. The summed E-state index contributed by atoms with van der Waals surface area (Å²) >= 11 is 0. The van der Waals surface area contributed by atoms with Crippen LogP contribution in [0.4, 0.5) is 0 Å². The van der Waals surface area contributed by atoms with Crippen molar-refractivity contribution in [2.24, 2.45) is 29.6 Å². The first kappa shape index (κ1) is 20.3. The summed E-state index contributed by atoms with van der Waals surface area (Å²) in [6, 6.07) is 0. The number of carbonyl (C=O) groups is 2. The molecule has 0 bridgehead atoms. The highest BCUT2D eigenvalue weighted by Gasteiger charge is 2.41. The van der Waals surface area contributed by atoms with E-state index in [0.29, 0.717) is 19.3 Å². The summed E-state index contributed by atoms with van der Waals surface area (Å²) in [4.78, 5) is 23.5. The Hall–Kier alpha value is -1.66. The normalized spacial score (nSPS) is 33.2. The van der Waals surface area contributed by atoms with Crippen molar-refractivity contribution in [1.82, 2.24) is 0 Å². The zero-order valence-electron chi connectivity index (χ0n) is 21.2. The first-order valence-corrected chi connectivity index (χ1v) is 11.0. The van der Waals surface area contributed by atoms with Gasteiger partial charge in [-0.15, -0.1) is 0 Å². The minimum Gasteiger partial charge on any atom is -0.481 e. The molecule has 0 aliphatic heterocycles. The van der Waals surface area contributed by atoms with Gasteiger partial charge in [-0.3, -0.25) is 9.59 Å². The smallest absolute Gasteiger partial charge is 0.308 e. The van der Waals surface area contributed by atoms with E-state index in [4.69, 9.17) is 14.0 Å². The van der Waals surface area contributed by atoms with Crippen LogP contribution in [0.3, 0.4) is 0 Å². The fourth-order valence-corrected chi connectivity index (χ4v) is 4.72. The molecule has 0 saturated heterocycles. The molecule has 2 rings (SSSR count). The van der Waals surface area contributed by atoms with Crippen molar-refractivity contribution >= 4 is 11.9 Å². The van der Waals surface area contributed by atoms with Gasteiger partial charge in [-0.25, -0.2) is 0 Å². The van der Waals surface area contributed by atoms with E-state index in [-0.39, 0.29) is 36.5 Å². The number of hydrogen-bond donors (Lipinski definition) is 3. The molecule has 8 atom stereocenters. The lowest BCUT2D eigenvalue weighted by Gasteiger charge is -2.43. The van der Waals surface area contributed by atoms with Gasteiger partial charge < -0.3 is 20.1 Å². The Morgan fingerprint density at radius 2 is 2.03 bits per heavy atom. The second-order valence-corrected chi connectivity index (χ2v) is 8.94. The molecule has 170 valence electrons. The lowest BCUT2D eigenvalue weighted by molar-refractivity contribution is -0.158. The minimum absolute atomic E-state index is 0.0111. The summed E-state index contributed by atoms with van der Waals surface area (Å²) in [7, 11) is 0. The van der Waals surface area contributed by atoms with Crippen LogP contribution in [-0.4, -0.2) is 45.6 Å². The first-order valence-electron chi connectivity index (χ1n) is 12.5. The van der Waals surface area contributed by atoms with Gasteiger partial charge in [-0.1, -0.05) is 45.9 Å². The number of rotatable bonds is 10. The van der Waals surface area contributed by atoms with Crippen LogP contribution >= 0.6 is 0 Å². The van der Waals surface area contributed by atoms with Crippen LogP contribution in [0.2, 0.25) is 0 Å². The van der Waals surface area contributed by atoms with Crippen LogP contribution in [0.5, 0.6) is 0 Å². The third-order valence-electron chi connectivity index (χ3n) is 6.34. The van der Waals surface area contributed by atoms with Crippen LogP contribution in [0.15, 0.2) is 23.8 Å². The third kappa shape index (κ3) is 6.67. The number of carboxylic acids is 1. The second-order valence-electron chi connectivity index (χ2n) is 8.94. The molecule has 0 aromatic heterocycles. The number of carbonyl (C=O) groups excluding carboxylic acids is 1. The fourth-order valence-electron chi connectivity index (χ4n) is 4.72. The Kier molecular flexibility index (Phi) is 7.49. The van der Waals surface area contributed by atoms with Gasteiger partial charge in [-0.2, -0.15) is 0 Å². The molecule has 0 aromatic carbocycles. The van der Waals surface area contributed by atoms with Crippen molar-refractivity contribution < 1.29 is 33.8 Å². The molecule has 6 nitrogen and oxygen atoms in total. The number of aliphatic carboxylic acids is 1. The van der Waals surface area contributed by atoms with Crippen LogP contribution in [-0.2, 0) is 14.3 Å². The number of esters is 1. The number of ether oxygens (including phenoxy) is 1. The van der Waals surface area contributed by atoms with E-state index in [0.717, 1.165) is 5.57 Å². The van der Waals surface area contributed by atoms with Crippen LogP contribution < -0.4 is 0 Å². The maximum Gasteiger partial charge on any atom is 0.308 e. The van der Waals surface area contributed by atoms with Crippen molar-refractivity contribution in [3.63, 3.8) is 0 Å². The van der Waals surface area contributed by atoms with E-state index in [2.05, 4.69) is 25.2 Å². The van der Waals surface area contributed by atoms with E-state index in [1.807, 2.05) is 6.92 Å². The van der Waals surface area contributed by atoms with Gasteiger partial charge in [0.05, 0.1) is 24.5 Å². The Labute approximate surface area is 184 Å². The number of aliphatic hydroxyl groups excluding tert-OH is 2. The Balaban J connectivity index is 2.15. The average Bonchev–Trinajstić information content (AvgIpc) is 2.65. The molecule has 2 aliphatic carbocycles. The lowest BCUT2D eigenvalue weighted by atomic mass is 9.65. The van der Waals surface area contributed by atoms with Gasteiger partial charge in [-0.05, 0) is 55.4 Å². The first-order chi connectivity index (χ1) is 15.3. The molecule has 3 N–H and O–H groups in total. The predicted molar refractivity (Wildman–Crippen MR) is 115 cm³/mol. The molecule has 0 radical (unpaired) electrons. The average molecular weight is 426 g/mol. The van der Waals surface area contributed by atoms with Gasteiger partial charge in [0.15, 0.2) is 0 Å². The van der Waals surface area contributed by atoms with Crippen LogP contribution in [0, 0.1) is 29.6 Å². The molecule has 0 spiro atoms. The lowest BCUT2D eigenvalue weighted by Crippen LogP contribution is -2.41. The molecule has 0 unspecified atom stereocenters. The highest BCUT2D eigenvalue weighted by molar-refractivity contribution is 5.72. The number of aliphatic hydroxyl groups is 2. The largest absolute Gasteiger partial charge is 0.481 e. The van der Waals surface area contributed by atoms with E-state index < -0.39 is 49.4 Å². The van der Waals surface area contributed by atoms with Crippen molar-refractivity contribution in [3.8, 4) is 0 Å². The number of allylic oxidation sites excluding steroid dienone is 3. The van der Waals surface area contributed by atoms with Gasteiger partial charge in [0.25, 0.3) is 0 Å². The Morgan fingerprint density at radius 1 is 1.30 bits per heavy atom. The van der Waals surface area contributed by atoms with E-state index >= 15 is 0 Å². The molecule has 0 amide bonds. The maximum absolute atomic E-state index is 12.8. The fraction of sp³-hybridized carbons (Fsp3) is 0.750. The monoisotopic (exact) mass is 425 g/mol. The zero-order chi connectivity index (χ0) is 24.9. The number of fused-ring (bicyclic) bond motifs is 1. The highest BCUT2D eigenvalue weighted by Crippen LogP contribution is 2.45. The molecular weight excluding hydrogens is 384 g/mol. The highest BCUT2D eigenvalue weighted by atomic mass is 16.5. The molecule has 0 saturated carbocycles. The molecule has 0 fully saturated rings. The number of carboxylic acid groups (broad SMARTS) is 1. The van der Waals surface area contributed by atoms with Crippen molar-refractivity contribution in [1.29, 1.82) is 0 Å². The van der Waals surface area contributed by atoms with Crippen molar-refractivity contribution in [3.05, 3.63) is 23.8 Å². The molecule has 0 aromatic rings. The second kappa shape index (κ2) is 11.1. The summed E-state index contributed by atoms with van der Waals surface area (Å²) < 4.78 is 28.9. The van der Waals surface area contributed by atoms with Crippen molar-refractivity contribution in [2.45, 2.75) is 84.5 Å². The van der Waals surface area contributed by atoms with Crippen LogP contribution in [0.1, 0.15) is 70.3 Å². The summed E-state index contributed by atoms with van der Waals surface area (Å²) in [6.07, 6.45) is 5.28. The quantitative estimate of drug-likeness (QED) is 0.461. The van der Waals surface area contributed by atoms with E-state index in [1.54, 1.807) is 6.92 Å². The van der Waals surface area contributed by atoms with Gasteiger partial charge in [0.1, 0.15) is 6.10 Å². The molecule has 0 heterocycles. The molecule has 6 heteroatoms.